The van der Waals surface area contributed by atoms with Crippen LogP contribution in [0.1, 0.15) is 20.3 Å². The van der Waals surface area contributed by atoms with Gasteiger partial charge in [-0.3, -0.25) is 9.59 Å². The van der Waals surface area contributed by atoms with Crippen LogP contribution in [0.2, 0.25) is 5.02 Å². The number of imide groups is 1. The molecule has 0 unspecified atom stereocenters. The first-order valence-electron chi connectivity index (χ1n) is 6.55. The molecule has 2 rings (SSSR count). The number of likely N-dealkylation sites (N-methyl/N-ethyl adjacent to an activating group) is 1. The molecule has 0 aromatic heterocycles. The Morgan fingerprint density at radius 3 is 2.32 bits per heavy atom. The van der Waals surface area contributed by atoms with E-state index in [1.54, 1.807) is 24.3 Å². The number of benzene rings is 1. The van der Waals surface area contributed by atoms with Gasteiger partial charge >= 0.3 is 0 Å². The first-order chi connectivity index (χ1) is 9.08. The minimum atomic E-state index is -0.252. The zero-order valence-corrected chi connectivity index (χ0v) is 11.9. The van der Waals surface area contributed by atoms with Crippen molar-refractivity contribution in [2.24, 2.45) is 0 Å². The van der Waals surface area contributed by atoms with E-state index in [0.717, 1.165) is 18.0 Å². The summed E-state index contributed by atoms with van der Waals surface area (Å²) in [7, 11) is 0. The lowest BCUT2D eigenvalue weighted by Gasteiger charge is -2.21. The molecule has 0 radical (unpaired) electrons. The summed E-state index contributed by atoms with van der Waals surface area (Å²) in [5.74, 6) is -0.234. The standard InChI is InChI=1S/C14H17ClN2O2/c1-3-16(4-2)12-9-13(18)17(14(12)19)11-7-5-10(15)6-8-11/h5-8,12H,3-4,9H2,1-2H3/p+1/t12-/m1/s1. The van der Waals surface area contributed by atoms with E-state index in [-0.39, 0.29) is 17.9 Å². The summed E-state index contributed by atoms with van der Waals surface area (Å²) >= 11 is 5.82. The molecule has 0 saturated carbocycles. The summed E-state index contributed by atoms with van der Waals surface area (Å²) in [6, 6.07) is 6.54. The van der Waals surface area contributed by atoms with Crippen LogP contribution < -0.4 is 9.80 Å². The van der Waals surface area contributed by atoms with Crippen molar-refractivity contribution in [1.29, 1.82) is 0 Å². The van der Waals surface area contributed by atoms with Gasteiger partial charge in [0.05, 0.1) is 25.2 Å². The van der Waals surface area contributed by atoms with Crippen molar-refractivity contribution in [3.05, 3.63) is 29.3 Å². The molecule has 1 atom stereocenters. The number of rotatable bonds is 4. The van der Waals surface area contributed by atoms with Crippen LogP contribution in [0.15, 0.2) is 24.3 Å². The fourth-order valence-corrected chi connectivity index (χ4v) is 2.68. The van der Waals surface area contributed by atoms with Crippen LogP contribution in [-0.4, -0.2) is 30.9 Å². The van der Waals surface area contributed by atoms with Gasteiger partial charge in [0.15, 0.2) is 6.04 Å². The minimum absolute atomic E-state index is 0.106. The van der Waals surface area contributed by atoms with Crippen molar-refractivity contribution in [3.63, 3.8) is 0 Å². The molecule has 1 aromatic carbocycles. The van der Waals surface area contributed by atoms with Crippen LogP contribution in [0.3, 0.4) is 0 Å². The second-order valence-electron chi connectivity index (χ2n) is 4.67. The summed E-state index contributed by atoms with van der Waals surface area (Å²) < 4.78 is 0. The molecular formula is C14H18ClN2O2+. The topological polar surface area (TPSA) is 41.8 Å². The van der Waals surface area contributed by atoms with Crippen LogP contribution in [0.25, 0.3) is 0 Å². The highest BCUT2D eigenvalue weighted by Crippen LogP contribution is 2.23. The average Bonchev–Trinajstić information content (AvgIpc) is 2.68. The van der Waals surface area contributed by atoms with E-state index in [2.05, 4.69) is 0 Å². The first-order valence-corrected chi connectivity index (χ1v) is 6.93. The summed E-state index contributed by atoms with van der Waals surface area (Å²) in [4.78, 5) is 26.9. The molecule has 1 aliphatic heterocycles. The SMILES string of the molecule is CC[NH+](CC)[C@@H]1CC(=O)N(c2ccc(Cl)cc2)C1=O. The van der Waals surface area contributed by atoms with Crippen LogP contribution in [0.5, 0.6) is 0 Å². The van der Waals surface area contributed by atoms with Crippen LogP contribution in [0, 0.1) is 0 Å². The van der Waals surface area contributed by atoms with Crippen molar-refractivity contribution in [3.8, 4) is 0 Å². The van der Waals surface area contributed by atoms with Crippen molar-refractivity contribution < 1.29 is 14.5 Å². The van der Waals surface area contributed by atoms with Crippen LogP contribution >= 0.6 is 11.6 Å². The lowest BCUT2D eigenvalue weighted by Crippen LogP contribution is -3.16. The molecule has 102 valence electrons. The number of carbonyl (C=O) groups excluding carboxylic acids is 2. The molecule has 0 aliphatic carbocycles. The fraction of sp³-hybridized carbons (Fsp3) is 0.429. The summed E-state index contributed by atoms with van der Waals surface area (Å²) in [5.41, 5.74) is 0.605. The second-order valence-corrected chi connectivity index (χ2v) is 5.10. The van der Waals surface area contributed by atoms with Gasteiger partial charge in [-0.15, -0.1) is 0 Å². The highest BCUT2D eigenvalue weighted by atomic mass is 35.5. The second kappa shape index (κ2) is 5.72. The Morgan fingerprint density at radius 2 is 1.79 bits per heavy atom. The van der Waals surface area contributed by atoms with Crippen molar-refractivity contribution >= 4 is 29.1 Å². The third-order valence-electron chi connectivity index (χ3n) is 3.63. The minimum Gasteiger partial charge on any atom is -0.325 e. The third-order valence-corrected chi connectivity index (χ3v) is 3.88. The molecule has 2 amide bonds. The van der Waals surface area contributed by atoms with E-state index in [9.17, 15) is 9.59 Å². The molecule has 1 fully saturated rings. The van der Waals surface area contributed by atoms with Gasteiger partial charge in [0.2, 0.25) is 5.91 Å². The lowest BCUT2D eigenvalue weighted by atomic mass is 10.2. The Morgan fingerprint density at radius 1 is 1.21 bits per heavy atom. The number of nitrogens with one attached hydrogen (secondary N) is 1. The number of halogens is 1. The normalized spacial score (nSPS) is 19.6. The van der Waals surface area contributed by atoms with Gasteiger partial charge in [0.1, 0.15) is 0 Å². The van der Waals surface area contributed by atoms with Crippen LogP contribution in [-0.2, 0) is 9.59 Å². The van der Waals surface area contributed by atoms with Gasteiger partial charge in [-0.05, 0) is 38.1 Å². The van der Waals surface area contributed by atoms with Crippen molar-refractivity contribution in [1.82, 2.24) is 0 Å². The molecule has 1 aliphatic rings. The maximum absolute atomic E-state index is 12.4. The van der Waals surface area contributed by atoms with Gasteiger partial charge in [0, 0.05) is 5.02 Å². The predicted molar refractivity (Wildman–Crippen MR) is 74.4 cm³/mol. The molecule has 1 aromatic rings. The van der Waals surface area contributed by atoms with Gasteiger partial charge in [-0.25, -0.2) is 4.90 Å². The highest BCUT2D eigenvalue weighted by molar-refractivity contribution is 6.30. The molecule has 4 nitrogen and oxygen atoms in total. The predicted octanol–water partition coefficient (Wildman–Crippen LogP) is 0.897. The number of carbonyl (C=O) groups is 2. The lowest BCUT2D eigenvalue weighted by molar-refractivity contribution is -0.911. The molecular weight excluding hydrogens is 264 g/mol. The fourth-order valence-electron chi connectivity index (χ4n) is 2.56. The van der Waals surface area contributed by atoms with E-state index in [1.165, 1.54) is 4.90 Å². The summed E-state index contributed by atoms with van der Waals surface area (Å²) in [6.45, 7) is 5.74. The quantitative estimate of drug-likeness (QED) is 0.833. The zero-order chi connectivity index (χ0) is 14.0. The number of nitrogens with zero attached hydrogens (tertiary/aromatic N) is 1. The molecule has 1 saturated heterocycles. The number of anilines is 1. The van der Waals surface area contributed by atoms with E-state index >= 15 is 0 Å². The third kappa shape index (κ3) is 2.65. The Kier molecular flexibility index (Phi) is 4.22. The van der Waals surface area contributed by atoms with Gasteiger partial charge in [-0.1, -0.05) is 11.6 Å². The Hall–Kier alpha value is -1.39. The molecule has 0 spiro atoms. The number of amides is 2. The van der Waals surface area contributed by atoms with E-state index in [0.29, 0.717) is 17.1 Å². The molecule has 1 heterocycles. The number of hydrogen-bond donors (Lipinski definition) is 1. The number of quaternary nitrogens is 1. The van der Waals surface area contributed by atoms with Crippen LogP contribution in [0.4, 0.5) is 5.69 Å². The van der Waals surface area contributed by atoms with Gasteiger partial charge in [-0.2, -0.15) is 0 Å². The van der Waals surface area contributed by atoms with E-state index in [4.69, 9.17) is 11.6 Å². The van der Waals surface area contributed by atoms with E-state index < -0.39 is 0 Å². The molecule has 0 bridgehead atoms. The van der Waals surface area contributed by atoms with E-state index in [1.807, 2.05) is 13.8 Å². The number of hydrogen-bond acceptors (Lipinski definition) is 2. The maximum Gasteiger partial charge on any atom is 0.292 e. The smallest absolute Gasteiger partial charge is 0.292 e. The molecule has 19 heavy (non-hydrogen) atoms. The zero-order valence-electron chi connectivity index (χ0n) is 11.1. The van der Waals surface area contributed by atoms with Crippen molar-refractivity contribution in [2.75, 3.05) is 18.0 Å². The maximum atomic E-state index is 12.4. The molecule has 5 heteroatoms. The van der Waals surface area contributed by atoms with Crippen molar-refractivity contribution in [2.45, 2.75) is 26.3 Å². The Balaban J connectivity index is 2.26. The largest absolute Gasteiger partial charge is 0.325 e. The highest BCUT2D eigenvalue weighted by Gasteiger charge is 2.44. The molecule has 1 N–H and O–H groups in total. The van der Waals surface area contributed by atoms with Gasteiger partial charge in [0.25, 0.3) is 5.91 Å². The average molecular weight is 282 g/mol. The monoisotopic (exact) mass is 281 g/mol. The first kappa shape index (κ1) is 14.0. The Labute approximate surface area is 117 Å². The Bertz CT molecular complexity index is 483. The summed E-state index contributed by atoms with van der Waals surface area (Å²) in [6.07, 6.45) is 0.290. The summed E-state index contributed by atoms with van der Waals surface area (Å²) in [5, 5.41) is 0.591. The van der Waals surface area contributed by atoms with Gasteiger partial charge < -0.3 is 4.90 Å².